The van der Waals surface area contributed by atoms with Crippen LogP contribution < -0.4 is 0 Å². The predicted octanol–water partition coefficient (Wildman–Crippen LogP) is 10.4. The first-order valence-corrected chi connectivity index (χ1v) is 19.8. The smallest absolute Gasteiger partial charge is 0.317 e. The summed E-state index contributed by atoms with van der Waals surface area (Å²) >= 11 is 0. The van der Waals surface area contributed by atoms with Crippen LogP contribution in [0.4, 0.5) is 0 Å². The van der Waals surface area contributed by atoms with Crippen LogP contribution in [0, 0.1) is 67.0 Å². The molecule has 0 radical (unpaired) electrons. The van der Waals surface area contributed by atoms with Gasteiger partial charge in [0.05, 0.1) is 13.2 Å². The number of carbonyl (C=O) groups excluding carboxylic acids is 2. The van der Waals surface area contributed by atoms with Crippen molar-refractivity contribution < 1.29 is 19.1 Å². The van der Waals surface area contributed by atoms with Gasteiger partial charge in [0, 0.05) is 10.8 Å². The van der Waals surface area contributed by atoms with E-state index in [0.29, 0.717) is 57.5 Å². The van der Waals surface area contributed by atoms with Crippen LogP contribution in [0.15, 0.2) is 24.3 Å². The summed E-state index contributed by atoms with van der Waals surface area (Å²) in [5.74, 6) is 1.78. The third-order valence-electron chi connectivity index (χ3n) is 17.5. The Hall–Kier alpha value is -1.58. The largest absolute Gasteiger partial charge is 0.465 e. The molecule has 0 aromatic carbocycles. The summed E-state index contributed by atoms with van der Waals surface area (Å²) < 4.78 is 12.0. The monoisotopic (exact) mass is 644 g/mol. The second-order valence-corrected chi connectivity index (χ2v) is 20.7. The zero-order chi connectivity index (χ0) is 33.1. The van der Waals surface area contributed by atoms with Gasteiger partial charge in [-0.05, 0) is 146 Å². The first-order valence-electron chi connectivity index (χ1n) is 19.8. The van der Waals surface area contributed by atoms with Crippen LogP contribution in [0.2, 0.25) is 0 Å². The van der Waals surface area contributed by atoms with Crippen LogP contribution in [0.1, 0.15) is 151 Å². The summed E-state index contributed by atoms with van der Waals surface area (Å²) in [5, 5.41) is 0. The topological polar surface area (TPSA) is 52.6 Å². The minimum Gasteiger partial charge on any atom is -0.465 e. The lowest BCUT2D eigenvalue weighted by Gasteiger charge is -2.64. The van der Waals surface area contributed by atoms with Crippen molar-refractivity contribution in [3.63, 3.8) is 0 Å². The molecule has 12 unspecified atom stereocenters. The van der Waals surface area contributed by atoms with Gasteiger partial charge in [-0.25, -0.2) is 0 Å². The standard InChI is InChI=1S/C43H64O4/c1-36-17-9-32-40(5)15-7-13-38(3,30(40)11-19-42(32,26-36)23-21-36)28-46-34(44)25-35(45)47-29-39(4)14-8-16-41(6)31(39)12-20-43-24-22-37(2,27-43)18-10-33(41)43/h21-24,30-33H,7-20,25-29H2,1-6H3. The Morgan fingerprint density at radius 3 is 1.36 bits per heavy atom. The van der Waals surface area contributed by atoms with Gasteiger partial charge in [-0.15, -0.1) is 0 Å². The lowest BCUT2D eigenvalue weighted by molar-refractivity contribution is -0.178. The molecule has 4 nitrogen and oxygen atoms in total. The third-order valence-corrected chi connectivity index (χ3v) is 17.5. The van der Waals surface area contributed by atoms with E-state index in [1.165, 1.54) is 89.9 Å². The van der Waals surface area contributed by atoms with Gasteiger partial charge < -0.3 is 9.47 Å². The van der Waals surface area contributed by atoms with E-state index < -0.39 is 11.9 Å². The van der Waals surface area contributed by atoms with E-state index in [9.17, 15) is 9.59 Å². The molecule has 0 amide bonds. The fourth-order valence-electron chi connectivity index (χ4n) is 15.6. The molecule has 0 N–H and O–H groups in total. The van der Waals surface area contributed by atoms with Crippen molar-refractivity contribution in [3.8, 4) is 0 Å². The van der Waals surface area contributed by atoms with Crippen molar-refractivity contribution in [2.24, 2.45) is 67.0 Å². The second kappa shape index (κ2) is 10.5. The number of carbonyl (C=O) groups is 2. The van der Waals surface area contributed by atoms with Crippen LogP contribution in [0.5, 0.6) is 0 Å². The van der Waals surface area contributed by atoms with Crippen LogP contribution in [-0.2, 0) is 19.1 Å². The quantitative estimate of drug-likeness (QED) is 0.164. The highest BCUT2D eigenvalue weighted by Crippen LogP contribution is 2.73. The number of hydrogen-bond acceptors (Lipinski definition) is 4. The summed E-state index contributed by atoms with van der Waals surface area (Å²) in [7, 11) is 0. The van der Waals surface area contributed by atoms with Gasteiger partial charge in [-0.1, -0.05) is 78.7 Å². The molecular weight excluding hydrogens is 580 g/mol. The molecule has 8 aliphatic rings. The molecule has 6 saturated carbocycles. The third kappa shape index (κ3) is 4.85. The molecule has 47 heavy (non-hydrogen) atoms. The number of esters is 2. The molecule has 0 aromatic heterocycles. The number of ether oxygens (including phenoxy) is 2. The molecule has 260 valence electrons. The van der Waals surface area contributed by atoms with Gasteiger partial charge >= 0.3 is 11.9 Å². The zero-order valence-corrected chi connectivity index (χ0v) is 30.7. The number of fused-ring (bicyclic) bond motifs is 6. The highest BCUT2D eigenvalue weighted by Gasteiger charge is 2.65. The van der Waals surface area contributed by atoms with E-state index in [1.807, 2.05) is 0 Å². The molecule has 0 aromatic rings. The highest BCUT2D eigenvalue weighted by atomic mass is 16.6. The zero-order valence-electron chi connectivity index (χ0n) is 30.7. The van der Waals surface area contributed by atoms with Gasteiger partial charge in [-0.2, -0.15) is 0 Å². The Morgan fingerprint density at radius 2 is 0.936 bits per heavy atom. The number of allylic oxidation sites excluding steroid dienone is 4. The van der Waals surface area contributed by atoms with Crippen molar-refractivity contribution in [1.29, 1.82) is 0 Å². The minimum atomic E-state index is -0.403. The van der Waals surface area contributed by atoms with Crippen LogP contribution in [-0.4, -0.2) is 25.2 Å². The van der Waals surface area contributed by atoms with Crippen molar-refractivity contribution >= 4 is 11.9 Å². The van der Waals surface area contributed by atoms with Crippen LogP contribution in [0.3, 0.4) is 0 Å². The van der Waals surface area contributed by atoms with Gasteiger partial charge in [0.1, 0.15) is 6.42 Å². The summed E-state index contributed by atoms with van der Waals surface area (Å²) in [6.45, 7) is 15.7. The minimum absolute atomic E-state index is 0.0271. The second-order valence-electron chi connectivity index (χ2n) is 20.7. The maximum atomic E-state index is 13.2. The molecule has 8 rings (SSSR count). The fraction of sp³-hybridized carbons (Fsp3) is 0.860. The average molecular weight is 645 g/mol. The van der Waals surface area contributed by atoms with Crippen molar-refractivity contribution in [1.82, 2.24) is 0 Å². The first-order chi connectivity index (χ1) is 22.1. The van der Waals surface area contributed by atoms with Crippen LogP contribution in [0.25, 0.3) is 0 Å². The van der Waals surface area contributed by atoms with Crippen LogP contribution >= 0.6 is 0 Å². The van der Waals surface area contributed by atoms with E-state index in [-0.39, 0.29) is 17.3 Å². The molecule has 0 saturated heterocycles. The van der Waals surface area contributed by atoms with Gasteiger partial charge in [-0.3, -0.25) is 9.59 Å². The van der Waals surface area contributed by atoms with E-state index in [1.54, 1.807) is 0 Å². The molecule has 4 bridgehead atoms. The van der Waals surface area contributed by atoms with Crippen molar-refractivity contribution in [3.05, 3.63) is 24.3 Å². The molecule has 4 heteroatoms. The van der Waals surface area contributed by atoms with Gasteiger partial charge in [0.2, 0.25) is 0 Å². The molecule has 12 atom stereocenters. The summed E-state index contributed by atoms with van der Waals surface area (Å²) in [4.78, 5) is 26.3. The van der Waals surface area contributed by atoms with Crippen molar-refractivity contribution in [2.75, 3.05) is 13.2 Å². The van der Waals surface area contributed by atoms with Gasteiger partial charge in [0.25, 0.3) is 0 Å². The maximum Gasteiger partial charge on any atom is 0.317 e. The van der Waals surface area contributed by atoms with E-state index >= 15 is 0 Å². The SMILES string of the molecule is CC12C=CC3(CCC4C(C)(COC(=O)CC(=O)OCC5(C)CCCC6(C)C5CCC57C=CC(C)(CCC56)C7)CCCC4(C)C3CC1)C2. The first kappa shape index (κ1) is 32.6. The normalized spacial score (nSPS) is 53.7. The molecule has 6 fully saturated rings. The predicted molar refractivity (Wildman–Crippen MR) is 186 cm³/mol. The summed E-state index contributed by atoms with van der Waals surface area (Å²) in [6, 6.07) is 0. The van der Waals surface area contributed by atoms with Gasteiger partial charge in [0.15, 0.2) is 0 Å². The maximum absolute atomic E-state index is 13.2. The molecule has 0 aliphatic heterocycles. The summed E-state index contributed by atoms with van der Waals surface area (Å²) in [5.41, 5.74) is 2.10. The highest BCUT2D eigenvalue weighted by molar-refractivity contribution is 5.91. The molecule has 8 aliphatic carbocycles. The van der Waals surface area contributed by atoms with Crippen molar-refractivity contribution in [2.45, 2.75) is 151 Å². The fourth-order valence-corrected chi connectivity index (χ4v) is 15.6. The Bertz CT molecular complexity index is 1280. The van der Waals surface area contributed by atoms with E-state index in [0.717, 1.165) is 24.7 Å². The molecule has 0 heterocycles. The number of hydrogen-bond donors (Lipinski definition) is 0. The molecule has 2 spiro atoms. The lowest BCUT2D eigenvalue weighted by atomic mass is 9.40. The average Bonchev–Trinajstić information content (AvgIpc) is 3.40. The Balaban J connectivity index is 0.872. The molecular formula is C43H64O4. The lowest BCUT2D eigenvalue weighted by Crippen LogP contribution is -2.58. The Kier molecular flexibility index (Phi) is 7.27. The Labute approximate surface area is 285 Å². The van der Waals surface area contributed by atoms with E-state index in [2.05, 4.69) is 65.8 Å². The Morgan fingerprint density at radius 1 is 0.532 bits per heavy atom. The summed E-state index contributed by atoms with van der Waals surface area (Å²) in [6.07, 6.45) is 30.2. The number of rotatable bonds is 6. The van der Waals surface area contributed by atoms with E-state index in [4.69, 9.17) is 9.47 Å².